The van der Waals surface area contributed by atoms with E-state index in [4.69, 9.17) is 5.73 Å². The van der Waals surface area contributed by atoms with Crippen molar-refractivity contribution in [3.8, 4) is 0 Å². The molecule has 2 aromatic rings. The molecule has 0 aromatic heterocycles. The SMILES string of the molecule is CCCC[NH-].[CH2-]c1c(C2=CC(C)=CC2)ccc2ccccc12.[Cl-].[Cl-].[Ti+2]. The molecule has 0 fully saturated rings. The van der Waals surface area contributed by atoms with Crippen molar-refractivity contribution >= 4 is 16.3 Å². The Morgan fingerprint density at radius 3 is 2.28 bits per heavy atom. The van der Waals surface area contributed by atoms with E-state index in [0.717, 1.165) is 24.8 Å². The van der Waals surface area contributed by atoms with Crippen LogP contribution < -0.4 is 24.8 Å². The normalized spacial score (nSPS) is 11.8. The zero-order valence-electron chi connectivity index (χ0n) is 14.9. The Balaban J connectivity index is 0. The molecule has 0 amide bonds. The van der Waals surface area contributed by atoms with Crippen LogP contribution in [0.4, 0.5) is 0 Å². The van der Waals surface area contributed by atoms with Gasteiger partial charge in [-0.05, 0) is 13.3 Å². The van der Waals surface area contributed by atoms with Crippen molar-refractivity contribution in [1.29, 1.82) is 0 Å². The minimum atomic E-state index is 0. The van der Waals surface area contributed by atoms with Crippen molar-refractivity contribution in [2.24, 2.45) is 0 Å². The van der Waals surface area contributed by atoms with Gasteiger partial charge < -0.3 is 30.5 Å². The molecule has 2 aromatic carbocycles. The molecule has 1 aliphatic rings. The quantitative estimate of drug-likeness (QED) is 0.523. The van der Waals surface area contributed by atoms with Crippen LogP contribution in [0.3, 0.4) is 0 Å². The molecule has 3 rings (SSSR count). The van der Waals surface area contributed by atoms with E-state index in [1.165, 1.54) is 27.5 Å². The molecule has 4 heteroatoms. The van der Waals surface area contributed by atoms with Gasteiger partial charge in [-0.25, -0.2) is 0 Å². The summed E-state index contributed by atoms with van der Waals surface area (Å²) in [4.78, 5) is 0. The van der Waals surface area contributed by atoms with Gasteiger partial charge in [-0.1, -0.05) is 72.7 Å². The molecule has 0 spiro atoms. The maximum absolute atomic E-state index is 6.60. The van der Waals surface area contributed by atoms with E-state index < -0.39 is 0 Å². The number of benzene rings is 2. The van der Waals surface area contributed by atoms with Crippen molar-refractivity contribution in [3.05, 3.63) is 77.9 Å². The van der Waals surface area contributed by atoms with Gasteiger partial charge in [0.25, 0.3) is 0 Å². The zero-order chi connectivity index (χ0) is 15.9. The number of hydrogen-bond donors (Lipinski definition) is 0. The number of halogens is 2. The van der Waals surface area contributed by atoms with Gasteiger partial charge >= 0.3 is 21.7 Å². The molecule has 0 heterocycles. The summed E-state index contributed by atoms with van der Waals surface area (Å²) in [7, 11) is 0. The zero-order valence-corrected chi connectivity index (χ0v) is 18.0. The first-order valence-corrected chi connectivity index (χ1v) is 8.03. The van der Waals surface area contributed by atoms with Gasteiger partial charge in [-0.15, -0.1) is 23.1 Å². The third-order valence-electron chi connectivity index (χ3n) is 3.96. The van der Waals surface area contributed by atoms with Crippen LogP contribution in [0.15, 0.2) is 54.1 Å². The Bertz CT molecular complexity index is 706. The van der Waals surface area contributed by atoms with Gasteiger partial charge in [0.05, 0.1) is 0 Å². The van der Waals surface area contributed by atoms with Crippen LogP contribution in [0.5, 0.6) is 0 Å². The van der Waals surface area contributed by atoms with Crippen molar-refractivity contribution in [3.63, 3.8) is 0 Å². The fraction of sp³-hybridized carbons (Fsp3) is 0.286. The van der Waals surface area contributed by atoms with Gasteiger partial charge in [-0.2, -0.15) is 19.0 Å². The second-order valence-corrected chi connectivity index (χ2v) is 5.74. The van der Waals surface area contributed by atoms with Crippen molar-refractivity contribution < 1.29 is 46.5 Å². The summed E-state index contributed by atoms with van der Waals surface area (Å²) in [5.41, 5.74) is 11.8. The number of rotatable bonds is 3. The van der Waals surface area contributed by atoms with E-state index in [1.807, 2.05) is 0 Å². The predicted molar refractivity (Wildman–Crippen MR) is 98.9 cm³/mol. The van der Waals surface area contributed by atoms with Gasteiger partial charge in [0.15, 0.2) is 0 Å². The van der Waals surface area contributed by atoms with Crippen molar-refractivity contribution in [2.75, 3.05) is 6.54 Å². The van der Waals surface area contributed by atoms with E-state index in [2.05, 4.69) is 69.3 Å². The molecule has 134 valence electrons. The molecule has 25 heavy (non-hydrogen) atoms. The van der Waals surface area contributed by atoms with Crippen LogP contribution in [-0.2, 0) is 21.7 Å². The Morgan fingerprint density at radius 1 is 1.08 bits per heavy atom. The first kappa shape index (κ1) is 26.5. The van der Waals surface area contributed by atoms with Crippen LogP contribution in [0.1, 0.15) is 44.2 Å². The average Bonchev–Trinajstić information content (AvgIpc) is 2.96. The van der Waals surface area contributed by atoms with Crippen LogP contribution in [0.2, 0.25) is 0 Å². The smallest absolute Gasteiger partial charge is 1.00 e. The molecular weight excluding hydrogens is 385 g/mol. The Labute approximate surface area is 179 Å². The second kappa shape index (κ2) is 13.5. The summed E-state index contributed by atoms with van der Waals surface area (Å²) in [6.45, 7) is 9.09. The molecule has 0 aliphatic heterocycles. The minimum Gasteiger partial charge on any atom is -1.00 e. The summed E-state index contributed by atoms with van der Waals surface area (Å²) in [5, 5.41) is 2.53. The molecule has 0 atom stereocenters. The summed E-state index contributed by atoms with van der Waals surface area (Å²) < 4.78 is 0. The van der Waals surface area contributed by atoms with Gasteiger partial charge in [0.2, 0.25) is 0 Å². The largest absolute Gasteiger partial charge is 2.00 e. The minimum absolute atomic E-state index is 0. The molecule has 1 nitrogen and oxygen atoms in total. The first-order valence-electron chi connectivity index (χ1n) is 8.03. The average molecular weight is 410 g/mol. The molecule has 0 bridgehead atoms. The summed E-state index contributed by atoms with van der Waals surface area (Å²) in [6.07, 6.45) is 7.78. The Morgan fingerprint density at radius 2 is 1.76 bits per heavy atom. The summed E-state index contributed by atoms with van der Waals surface area (Å²) >= 11 is 0. The van der Waals surface area contributed by atoms with E-state index >= 15 is 0 Å². The van der Waals surface area contributed by atoms with Crippen LogP contribution in [0.25, 0.3) is 22.1 Å². The van der Waals surface area contributed by atoms with Gasteiger partial charge in [0.1, 0.15) is 0 Å². The summed E-state index contributed by atoms with van der Waals surface area (Å²) in [6, 6.07) is 12.8. The number of hydrogen-bond acceptors (Lipinski definition) is 0. The molecular formula is C21H25Cl2NTi-2. The van der Waals surface area contributed by atoms with Crippen LogP contribution in [-0.4, -0.2) is 6.54 Å². The predicted octanol–water partition coefficient (Wildman–Crippen LogP) is 0.600. The van der Waals surface area contributed by atoms with Crippen molar-refractivity contribution in [1.82, 2.24) is 0 Å². The Kier molecular flexibility index (Phi) is 14.3. The molecule has 1 N–H and O–H groups in total. The topological polar surface area (TPSA) is 23.8 Å². The number of allylic oxidation sites excluding steroid dienone is 4. The van der Waals surface area contributed by atoms with E-state index in [0.29, 0.717) is 6.54 Å². The maximum atomic E-state index is 6.60. The van der Waals surface area contributed by atoms with Gasteiger partial charge in [-0.3, -0.25) is 0 Å². The third kappa shape index (κ3) is 7.21. The number of fused-ring (bicyclic) bond motifs is 1. The first-order chi connectivity index (χ1) is 10.7. The maximum Gasteiger partial charge on any atom is 2.00 e. The van der Waals surface area contributed by atoms with E-state index in [-0.39, 0.29) is 46.5 Å². The molecule has 0 unspecified atom stereocenters. The molecule has 0 saturated heterocycles. The standard InChI is InChI=1S/C17H15.C4H10N.2ClH.Ti/c1-12-7-8-15(11-12)17-10-9-14-5-3-4-6-16(14)13(17)2;1-2-3-4-5;;;/h3-7,9-11H,2,8H2,1H3;5H,2-4H2,1H3;2*1H;/q2*-1;;;+2/p-2. The van der Waals surface area contributed by atoms with Crippen LogP contribution in [0, 0.1) is 6.92 Å². The fourth-order valence-corrected chi connectivity index (χ4v) is 2.66. The number of nitrogens with one attached hydrogen (secondary N) is 1. The second-order valence-electron chi connectivity index (χ2n) is 5.74. The third-order valence-corrected chi connectivity index (χ3v) is 3.96. The molecule has 0 radical (unpaired) electrons. The fourth-order valence-electron chi connectivity index (χ4n) is 2.66. The molecule has 1 aliphatic carbocycles. The summed E-state index contributed by atoms with van der Waals surface area (Å²) in [5.74, 6) is 0. The van der Waals surface area contributed by atoms with Crippen LogP contribution >= 0.6 is 0 Å². The number of unbranched alkanes of at least 4 members (excludes halogenated alkanes) is 1. The Hall–Kier alpha value is -0.696. The monoisotopic (exact) mass is 409 g/mol. The van der Waals surface area contributed by atoms with Crippen molar-refractivity contribution in [2.45, 2.75) is 33.1 Å². The van der Waals surface area contributed by atoms with E-state index in [1.54, 1.807) is 0 Å². The molecule has 0 saturated carbocycles. The van der Waals surface area contributed by atoms with Gasteiger partial charge in [0, 0.05) is 0 Å². The van der Waals surface area contributed by atoms with E-state index in [9.17, 15) is 0 Å².